The van der Waals surface area contributed by atoms with Crippen LogP contribution >= 0.6 is 11.6 Å². The van der Waals surface area contributed by atoms with E-state index in [4.69, 9.17) is 11.6 Å². The zero-order valence-electron chi connectivity index (χ0n) is 16.0. The highest BCUT2D eigenvalue weighted by atomic mass is 35.5. The first-order chi connectivity index (χ1) is 14.8. The predicted molar refractivity (Wildman–Crippen MR) is 110 cm³/mol. The number of nitro benzene ring substituents is 1. The lowest BCUT2D eigenvalue weighted by molar-refractivity contribution is -0.385. The van der Waals surface area contributed by atoms with E-state index in [1.54, 1.807) is 17.0 Å². The normalized spacial score (nSPS) is 15.5. The summed E-state index contributed by atoms with van der Waals surface area (Å²) in [4.78, 5) is 62.0. The zero-order valence-corrected chi connectivity index (χ0v) is 16.7. The van der Waals surface area contributed by atoms with E-state index in [9.17, 15) is 29.3 Å². The molecule has 0 spiro atoms. The minimum Gasteiger partial charge on any atom is -0.324 e. The van der Waals surface area contributed by atoms with Crippen LogP contribution in [0.2, 0.25) is 5.02 Å². The van der Waals surface area contributed by atoms with Gasteiger partial charge in [0.25, 0.3) is 17.5 Å². The number of halogens is 1. The maximum atomic E-state index is 12.6. The molecule has 2 heterocycles. The van der Waals surface area contributed by atoms with Gasteiger partial charge >= 0.3 is 0 Å². The number of fused-ring (bicyclic) bond motifs is 1. The molecule has 1 N–H and O–H groups in total. The van der Waals surface area contributed by atoms with Gasteiger partial charge in [0.15, 0.2) is 0 Å². The molecular weight excluding hydrogens is 428 g/mol. The molecule has 1 fully saturated rings. The first-order valence-corrected chi connectivity index (χ1v) is 9.69. The molecule has 4 amide bonds. The number of nitro groups is 1. The van der Waals surface area contributed by atoms with Crippen molar-refractivity contribution in [3.8, 4) is 0 Å². The number of anilines is 2. The summed E-state index contributed by atoms with van der Waals surface area (Å²) in [5.41, 5.74) is -0.0805. The van der Waals surface area contributed by atoms with Crippen molar-refractivity contribution in [2.24, 2.45) is 0 Å². The van der Waals surface area contributed by atoms with Gasteiger partial charge < -0.3 is 10.2 Å². The van der Waals surface area contributed by atoms with Gasteiger partial charge in [-0.05, 0) is 30.7 Å². The maximum absolute atomic E-state index is 12.6. The Kier molecular flexibility index (Phi) is 5.15. The van der Waals surface area contributed by atoms with Crippen molar-refractivity contribution in [1.82, 2.24) is 4.90 Å². The summed E-state index contributed by atoms with van der Waals surface area (Å²) in [7, 11) is 0. The van der Waals surface area contributed by atoms with Crippen molar-refractivity contribution in [2.75, 3.05) is 23.3 Å². The Morgan fingerprint density at radius 3 is 2.58 bits per heavy atom. The van der Waals surface area contributed by atoms with Gasteiger partial charge in [0.05, 0.1) is 21.2 Å². The minimum atomic E-state index is -0.900. The predicted octanol–water partition coefficient (Wildman–Crippen LogP) is 2.61. The average Bonchev–Trinajstić information content (AvgIpc) is 3.25. The SMILES string of the molecule is O=C(CN1C(=O)c2cccc([N+](=O)[O-])c2C1=O)Nc1ccc(N2CCCC2=O)c(Cl)c1. The van der Waals surface area contributed by atoms with E-state index < -0.39 is 34.9 Å². The first kappa shape index (κ1) is 20.5. The Hall–Kier alpha value is -3.79. The van der Waals surface area contributed by atoms with Gasteiger partial charge in [-0.15, -0.1) is 0 Å². The monoisotopic (exact) mass is 442 g/mol. The minimum absolute atomic E-state index is 0.0293. The fourth-order valence-electron chi connectivity index (χ4n) is 3.66. The van der Waals surface area contributed by atoms with Gasteiger partial charge in [-0.2, -0.15) is 0 Å². The van der Waals surface area contributed by atoms with E-state index in [1.165, 1.54) is 18.2 Å². The van der Waals surface area contributed by atoms with Gasteiger partial charge in [-0.1, -0.05) is 17.7 Å². The molecule has 4 rings (SSSR count). The third kappa shape index (κ3) is 3.61. The number of nitrogens with one attached hydrogen (secondary N) is 1. The highest BCUT2D eigenvalue weighted by molar-refractivity contribution is 6.34. The summed E-state index contributed by atoms with van der Waals surface area (Å²) in [5.74, 6) is -2.39. The summed E-state index contributed by atoms with van der Waals surface area (Å²) in [6.07, 6.45) is 1.19. The Balaban J connectivity index is 1.48. The highest BCUT2D eigenvalue weighted by Crippen LogP contribution is 2.32. The fourth-order valence-corrected chi connectivity index (χ4v) is 3.94. The lowest BCUT2D eigenvalue weighted by Gasteiger charge is -2.18. The van der Waals surface area contributed by atoms with Crippen LogP contribution in [-0.2, 0) is 9.59 Å². The number of nitrogens with zero attached hydrogens (tertiary/aromatic N) is 3. The molecule has 11 heteroatoms. The van der Waals surface area contributed by atoms with Crippen LogP contribution < -0.4 is 10.2 Å². The van der Waals surface area contributed by atoms with E-state index in [0.717, 1.165) is 12.5 Å². The van der Waals surface area contributed by atoms with Gasteiger partial charge in [-0.3, -0.25) is 34.2 Å². The number of hydrogen-bond acceptors (Lipinski definition) is 6. The van der Waals surface area contributed by atoms with Crippen LogP contribution in [0.25, 0.3) is 0 Å². The van der Waals surface area contributed by atoms with Crippen LogP contribution in [0.1, 0.15) is 33.6 Å². The van der Waals surface area contributed by atoms with Crippen molar-refractivity contribution in [3.63, 3.8) is 0 Å². The van der Waals surface area contributed by atoms with Crippen LogP contribution in [-0.4, -0.2) is 46.5 Å². The van der Waals surface area contributed by atoms with Crippen LogP contribution in [0.4, 0.5) is 17.1 Å². The lowest BCUT2D eigenvalue weighted by Crippen LogP contribution is -2.37. The molecule has 31 heavy (non-hydrogen) atoms. The zero-order chi connectivity index (χ0) is 22.3. The van der Waals surface area contributed by atoms with Gasteiger partial charge in [0.2, 0.25) is 11.8 Å². The van der Waals surface area contributed by atoms with Crippen molar-refractivity contribution in [2.45, 2.75) is 12.8 Å². The van der Waals surface area contributed by atoms with E-state index in [-0.39, 0.29) is 22.1 Å². The number of amides is 4. The number of hydrogen-bond donors (Lipinski definition) is 1. The number of carbonyl (C=O) groups is 4. The van der Waals surface area contributed by atoms with E-state index in [1.807, 2.05) is 0 Å². The summed E-state index contributed by atoms with van der Waals surface area (Å²) in [6, 6.07) is 8.36. The molecule has 1 saturated heterocycles. The van der Waals surface area contributed by atoms with Crippen LogP contribution in [0.3, 0.4) is 0 Å². The number of benzene rings is 2. The first-order valence-electron chi connectivity index (χ1n) is 9.31. The van der Waals surface area contributed by atoms with Crippen LogP contribution in [0, 0.1) is 10.1 Å². The van der Waals surface area contributed by atoms with Crippen molar-refractivity contribution in [3.05, 3.63) is 62.7 Å². The quantitative estimate of drug-likeness (QED) is 0.430. The Morgan fingerprint density at radius 2 is 1.94 bits per heavy atom. The summed E-state index contributed by atoms with van der Waals surface area (Å²) >= 11 is 6.26. The van der Waals surface area contributed by atoms with Crippen molar-refractivity contribution >= 4 is 52.3 Å². The Labute approximate surface area is 180 Å². The fraction of sp³-hybridized carbons (Fsp3) is 0.200. The second-order valence-electron chi connectivity index (χ2n) is 7.02. The average molecular weight is 443 g/mol. The van der Waals surface area contributed by atoms with Crippen LogP contribution in [0.15, 0.2) is 36.4 Å². The van der Waals surface area contributed by atoms with Gasteiger partial charge in [0, 0.05) is 24.7 Å². The third-order valence-corrected chi connectivity index (χ3v) is 5.37. The molecule has 158 valence electrons. The third-order valence-electron chi connectivity index (χ3n) is 5.07. The number of carbonyl (C=O) groups excluding carboxylic acids is 4. The largest absolute Gasteiger partial charge is 0.324 e. The maximum Gasteiger partial charge on any atom is 0.282 e. The molecule has 0 aliphatic carbocycles. The molecule has 2 aromatic rings. The molecule has 0 saturated carbocycles. The summed E-state index contributed by atoms with van der Waals surface area (Å²) in [6.45, 7) is -0.0520. The molecule has 2 aliphatic rings. The lowest BCUT2D eigenvalue weighted by atomic mass is 10.1. The van der Waals surface area contributed by atoms with Crippen molar-refractivity contribution < 1.29 is 24.1 Å². The molecule has 10 nitrogen and oxygen atoms in total. The van der Waals surface area contributed by atoms with E-state index in [0.29, 0.717) is 29.2 Å². The molecule has 0 bridgehead atoms. The van der Waals surface area contributed by atoms with E-state index in [2.05, 4.69) is 5.32 Å². The number of imide groups is 1. The van der Waals surface area contributed by atoms with Gasteiger partial charge in [0.1, 0.15) is 12.1 Å². The second kappa shape index (κ2) is 7.80. The van der Waals surface area contributed by atoms with Gasteiger partial charge in [-0.25, -0.2) is 0 Å². The Bertz CT molecular complexity index is 1160. The molecular formula is C20H15ClN4O6. The second-order valence-corrected chi connectivity index (χ2v) is 7.42. The molecule has 0 unspecified atom stereocenters. The topological polar surface area (TPSA) is 130 Å². The standard InChI is InChI=1S/C20H15ClN4O6/c21-13-9-11(6-7-14(13)23-8-2-5-17(23)27)22-16(26)10-24-19(28)12-3-1-4-15(25(30)31)18(12)20(24)29/h1,3-4,6-7,9H,2,5,8,10H2,(H,22,26). The Morgan fingerprint density at radius 1 is 1.16 bits per heavy atom. The molecule has 2 aromatic carbocycles. The molecule has 0 atom stereocenters. The molecule has 0 radical (unpaired) electrons. The smallest absolute Gasteiger partial charge is 0.282 e. The summed E-state index contributed by atoms with van der Waals surface area (Å²) < 4.78 is 0. The highest BCUT2D eigenvalue weighted by Gasteiger charge is 2.41. The summed E-state index contributed by atoms with van der Waals surface area (Å²) in [5, 5.41) is 14.0. The van der Waals surface area contributed by atoms with Crippen molar-refractivity contribution in [1.29, 1.82) is 0 Å². The van der Waals surface area contributed by atoms with E-state index >= 15 is 0 Å². The van der Waals surface area contributed by atoms with Crippen LogP contribution in [0.5, 0.6) is 0 Å². The molecule has 2 aliphatic heterocycles. The number of rotatable bonds is 5. The molecule has 0 aromatic heterocycles.